The average Bonchev–Trinajstić information content (AvgIpc) is 2.90. The van der Waals surface area contributed by atoms with Crippen LogP contribution in [0.1, 0.15) is 10.5 Å². The van der Waals surface area contributed by atoms with Crippen LogP contribution in [0.15, 0.2) is 23.0 Å². The highest BCUT2D eigenvalue weighted by molar-refractivity contribution is 5.88. The molecule has 0 aliphatic carbocycles. The van der Waals surface area contributed by atoms with E-state index in [1.807, 2.05) is 0 Å². The smallest absolute Gasteiger partial charge is 0.353 e. The number of rotatable bonds is 3. The van der Waals surface area contributed by atoms with E-state index in [0.717, 1.165) is 4.52 Å². The third-order valence-electron chi connectivity index (χ3n) is 3.14. The largest absolute Gasteiger partial charge is 0.493 e. The molecule has 0 spiro atoms. The number of methoxy groups -OCH3 is 2. The summed E-state index contributed by atoms with van der Waals surface area (Å²) in [6, 6.07) is 4.38. The van der Waals surface area contributed by atoms with Crippen LogP contribution in [0, 0.1) is 0 Å². The lowest BCUT2D eigenvalue weighted by atomic mass is 10.2. The summed E-state index contributed by atoms with van der Waals surface area (Å²) in [6.45, 7) is 0. The number of aromatic carboxylic acids is 1. The minimum absolute atomic E-state index is 0.117. The number of hydrogen-bond acceptors (Lipinski definition) is 5. The first-order valence-corrected chi connectivity index (χ1v) is 5.96. The SMILES string of the molecule is COc1cc2nc3cc(C(=O)O)[nH]n3c(=O)c2cc1OC. The Morgan fingerprint density at radius 2 is 1.90 bits per heavy atom. The van der Waals surface area contributed by atoms with Crippen molar-refractivity contribution in [1.82, 2.24) is 14.6 Å². The van der Waals surface area contributed by atoms with Gasteiger partial charge in [0.1, 0.15) is 5.69 Å². The number of fused-ring (bicyclic) bond motifs is 2. The Morgan fingerprint density at radius 1 is 1.24 bits per heavy atom. The van der Waals surface area contributed by atoms with E-state index in [2.05, 4.69) is 10.1 Å². The molecule has 0 aliphatic rings. The molecule has 3 rings (SSSR count). The third kappa shape index (κ3) is 1.88. The Kier molecular flexibility index (Phi) is 2.79. The highest BCUT2D eigenvalue weighted by atomic mass is 16.5. The quantitative estimate of drug-likeness (QED) is 0.741. The van der Waals surface area contributed by atoms with Crippen molar-refractivity contribution in [3.8, 4) is 11.5 Å². The summed E-state index contributed by atoms with van der Waals surface area (Å²) in [5, 5.41) is 11.8. The fourth-order valence-electron chi connectivity index (χ4n) is 2.13. The molecule has 0 radical (unpaired) electrons. The lowest BCUT2D eigenvalue weighted by molar-refractivity contribution is 0.0690. The molecule has 3 aromatic rings. The Hall–Kier alpha value is -3.03. The van der Waals surface area contributed by atoms with E-state index in [-0.39, 0.29) is 11.3 Å². The molecule has 8 heteroatoms. The summed E-state index contributed by atoms with van der Waals surface area (Å²) in [7, 11) is 2.94. The van der Waals surface area contributed by atoms with Gasteiger partial charge in [-0.1, -0.05) is 0 Å². The second kappa shape index (κ2) is 4.51. The van der Waals surface area contributed by atoms with Crippen LogP contribution in [0.25, 0.3) is 16.6 Å². The van der Waals surface area contributed by atoms with Gasteiger partial charge in [0.25, 0.3) is 5.56 Å². The zero-order chi connectivity index (χ0) is 15.1. The molecule has 0 atom stereocenters. The first-order chi connectivity index (χ1) is 10.0. The summed E-state index contributed by atoms with van der Waals surface area (Å²) in [6.07, 6.45) is 0. The van der Waals surface area contributed by atoms with E-state index >= 15 is 0 Å². The van der Waals surface area contributed by atoms with Gasteiger partial charge in [0.2, 0.25) is 0 Å². The van der Waals surface area contributed by atoms with Crippen molar-refractivity contribution in [1.29, 1.82) is 0 Å². The number of nitrogens with one attached hydrogen (secondary N) is 1. The van der Waals surface area contributed by atoms with Crippen LogP contribution >= 0.6 is 0 Å². The average molecular weight is 289 g/mol. The molecule has 2 aromatic heterocycles. The lowest BCUT2D eigenvalue weighted by Gasteiger charge is -2.08. The van der Waals surface area contributed by atoms with Gasteiger partial charge in [-0.3, -0.25) is 9.89 Å². The van der Waals surface area contributed by atoms with Crippen LogP contribution in [0.3, 0.4) is 0 Å². The van der Waals surface area contributed by atoms with Crippen LogP contribution in [-0.4, -0.2) is 39.9 Å². The molecule has 8 nitrogen and oxygen atoms in total. The van der Waals surface area contributed by atoms with E-state index in [0.29, 0.717) is 22.4 Å². The summed E-state index contributed by atoms with van der Waals surface area (Å²) >= 11 is 0. The third-order valence-corrected chi connectivity index (χ3v) is 3.14. The van der Waals surface area contributed by atoms with Crippen molar-refractivity contribution in [3.05, 3.63) is 34.2 Å². The second-order valence-electron chi connectivity index (χ2n) is 4.31. The molecular formula is C13H11N3O5. The maximum absolute atomic E-state index is 12.4. The molecule has 2 N–H and O–H groups in total. The molecule has 0 aliphatic heterocycles. The summed E-state index contributed by atoms with van der Waals surface area (Å²) in [5.41, 5.74) is 0.0861. The van der Waals surface area contributed by atoms with Crippen LogP contribution in [0.2, 0.25) is 0 Å². The fraction of sp³-hybridized carbons (Fsp3) is 0.154. The van der Waals surface area contributed by atoms with Gasteiger partial charge in [-0.2, -0.15) is 0 Å². The van der Waals surface area contributed by atoms with Crippen LogP contribution in [-0.2, 0) is 0 Å². The predicted octanol–water partition coefficient (Wildman–Crippen LogP) is 0.891. The number of aromatic amines is 1. The molecule has 0 fully saturated rings. The highest BCUT2D eigenvalue weighted by Gasteiger charge is 2.15. The molecule has 21 heavy (non-hydrogen) atoms. The van der Waals surface area contributed by atoms with E-state index in [9.17, 15) is 9.59 Å². The lowest BCUT2D eigenvalue weighted by Crippen LogP contribution is -2.16. The van der Waals surface area contributed by atoms with Crippen molar-refractivity contribution in [2.24, 2.45) is 0 Å². The number of benzene rings is 1. The Morgan fingerprint density at radius 3 is 2.52 bits per heavy atom. The molecule has 108 valence electrons. The van der Waals surface area contributed by atoms with Crippen molar-refractivity contribution in [2.75, 3.05) is 14.2 Å². The molecule has 0 saturated heterocycles. The maximum atomic E-state index is 12.4. The molecule has 0 bridgehead atoms. The predicted molar refractivity (Wildman–Crippen MR) is 73.4 cm³/mol. The molecule has 0 saturated carbocycles. The second-order valence-corrected chi connectivity index (χ2v) is 4.31. The van der Waals surface area contributed by atoms with Gasteiger partial charge in [-0.05, 0) is 6.07 Å². The van der Waals surface area contributed by atoms with Gasteiger partial charge in [0.05, 0.1) is 25.1 Å². The molecule has 2 heterocycles. The summed E-state index contributed by atoms with van der Waals surface area (Å²) < 4.78 is 11.4. The van der Waals surface area contributed by atoms with Crippen molar-refractivity contribution in [3.63, 3.8) is 0 Å². The number of ether oxygens (including phenoxy) is 2. The van der Waals surface area contributed by atoms with Gasteiger partial charge < -0.3 is 14.6 Å². The van der Waals surface area contributed by atoms with Gasteiger partial charge in [-0.25, -0.2) is 14.3 Å². The van der Waals surface area contributed by atoms with Crippen LogP contribution in [0.5, 0.6) is 11.5 Å². The minimum atomic E-state index is -1.17. The molecule has 0 amide bonds. The van der Waals surface area contributed by atoms with Crippen molar-refractivity contribution < 1.29 is 19.4 Å². The standard InChI is InChI=1S/C13H11N3O5/c1-20-9-3-6-7(4-10(9)21-2)14-11-5-8(13(18)19)15-16(11)12(6)17/h3-5,15H,1-2H3,(H,18,19). The summed E-state index contributed by atoms with van der Waals surface area (Å²) in [5.74, 6) is -0.330. The number of aromatic nitrogens is 3. The highest BCUT2D eigenvalue weighted by Crippen LogP contribution is 2.30. The van der Waals surface area contributed by atoms with Gasteiger partial charge in [-0.15, -0.1) is 0 Å². The fourth-order valence-corrected chi connectivity index (χ4v) is 2.13. The van der Waals surface area contributed by atoms with Gasteiger partial charge in [0, 0.05) is 12.1 Å². The first kappa shape index (κ1) is 13.0. The Bertz CT molecular complexity index is 925. The number of hydrogen-bond donors (Lipinski definition) is 2. The van der Waals surface area contributed by atoms with Crippen LogP contribution < -0.4 is 15.0 Å². The van der Waals surface area contributed by atoms with Crippen LogP contribution in [0.4, 0.5) is 0 Å². The van der Waals surface area contributed by atoms with E-state index < -0.39 is 11.5 Å². The normalized spacial score (nSPS) is 11.0. The maximum Gasteiger partial charge on any atom is 0.353 e. The number of carboxylic acid groups (broad SMARTS) is 1. The first-order valence-electron chi connectivity index (χ1n) is 5.96. The Balaban J connectivity index is 2.41. The Labute approximate surface area is 117 Å². The van der Waals surface area contributed by atoms with Gasteiger partial charge in [0.15, 0.2) is 17.1 Å². The number of carboxylic acids is 1. The van der Waals surface area contributed by atoms with Gasteiger partial charge >= 0.3 is 5.97 Å². The zero-order valence-electron chi connectivity index (χ0n) is 11.2. The topological polar surface area (TPSA) is 106 Å². The van der Waals surface area contributed by atoms with E-state index in [4.69, 9.17) is 14.6 Å². The van der Waals surface area contributed by atoms with E-state index in [1.54, 1.807) is 6.07 Å². The van der Waals surface area contributed by atoms with Crippen molar-refractivity contribution in [2.45, 2.75) is 0 Å². The summed E-state index contributed by atoms with van der Waals surface area (Å²) in [4.78, 5) is 27.6. The monoisotopic (exact) mass is 289 g/mol. The molecule has 0 unspecified atom stereocenters. The number of carbonyl (C=O) groups is 1. The van der Waals surface area contributed by atoms with Crippen molar-refractivity contribution >= 4 is 22.5 Å². The molecule has 1 aromatic carbocycles. The zero-order valence-corrected chi connectivity index (χ0v) is 11.2. The number of H-pyrrole nitrogens is 1. The van der Waals surface area contributed by atoms with E-state index in [1.165, 1.54) is 26.4 Å². The minimum Gasteiger partial charge on any atom is -0.493 e. The molecular weight excluding hydrogens is 278 g/mol. The number of nitrogens with zero attached hydrogens (tertiary/aromatic N) is 2.